The van der Waals surface area contributed by atoms with Crippen LogP contribution >= 0.6 is 0 Å². The average Bonchev–Trinajstić information content (AvgIpc) is 2.26. The van der Waals surface area contributed by atoms with Gasteiger partial charge in [0, 0.05) is 5.41 Å². The van der Waals surface area contributed by atoms with E-state index in [0.29, 0.717) is 0 Å². The highest BCUT2D eigenvalue weighted by molar-refractivity contribution is 5.81. The van der Waals surface area contributed by atoms with E-state index in [-0.39, 0.29) is 5.41 Å². The minimum Gasteiger partial charge on any atom is -0.379 e. The molecule has 90 valence electrons. The summed E-state index contributed by atoms with van der Waals surface area (Å²) in [7, 11) is 0. The monoisotopic (exact) mass is 233 g/mol. The Morgan fingerprint density at radius 3 is 2.59 bits per heavy atom. The number of urea groups is 1. The fourth-order valence-corrected chi connectivity index (χ4v) is 1.72. The van der Waals surface area contributed by atoms with E-state index < -0.39 is 6.03 Å². The number of benzene rings is 1. The highest BCUT2D eigenvalue weighted by Crippen LogP contribution is 2.31. The van der Waals surface area contributed by atoms with Crippen molar-refractivity contribution in [2.24, 2.45) is 10.8 Å². The van der Waals surface area contributed by atoms with Crippen molar-refractivity contribution in [2.45, 2.75) is 12.3 Å². The number of hydrogen-bond donors (Lipinski definition) is 2. The van der Waals surface area contributed by atoms with E-state index in [4.69, 9.17) is 10.5 Å². The van der Waals surface area contributed by atoms with E-state index in [2.05, 4.69) is 17.5 Å². The van der Waals surface area contributed by atoms with Gasteiger partial charge in [-0.25, -0.2) is 10.2 Å². The van der Waals surface area contributed by atoms with Gasteiger partial charge in [0.1, 0.15) is 0 Å². The Bertz CT molecular complexity index is 436. The second-order valence-electron chi connectivity index (χ2n) is 4.41. The van der Waals surface area contributed by atoms with Crippen LogP contribution in [0, 0.1) is 0 Å². The molecule has 1 aliphatic heterocycles. The van der Waals surface area contributed by atoms with Gasteiger partial charge >= 0.3 is 6.03 Å². The van der Waals surface area contributed by atoms with E-state index >= 15 is 0 Å². The lowest BCUT2D eigenvalue weighted by atomic mass is 9.81. The molecule has 0 unspecified atom stereocenters. The highest BCUT2D eigenvalue weighted by Gasteiger charge is 2.34. The van der Waals surface area contributed by atoms with Crippen LogP contribution in [-0.2, 0) is 10.2 Å². The third-order valence-electron chi connectivity index (χ3n) is 2.84. The summed E-state index contributed by atoms with van der Waals surface area (Å²) in [5.41, 5.74) is 9.34. The first-order valence-electron chi connectivity index (χ1n) is 5.37. The quantitative estimate of drug-likeness (QED) is 0.603. The number of ether oxygens (including phenoxy) is 1. The normalized spacial score (nSPS) is 17.7. The van der Waals surface area contributed by atoms with E-state index in [9.17, 15) is 4.79 Å². The summed E-state index contributed by atoms with van der Waals surface area (Å²) in [6.07, 6.45) is 1.55. The summed E-state index contributed by atoms with van der Waals surface area (Å²) in [6, 6.07) is 7.33. The molecular formula is C12H15N3O2. The van der Waals surface area contributed by atoms with Crippen LogP contribution in [0.2, 0.25) is 0 Å². The topological polar surface area (TPSA) is 76.7 Å². The van der Waals surface area contributed by atoms with Crippen LogP contribution in [-0.4, -0.2) is 25.5 Å². The molecule has 3 N–H and O–H groups in total. The number of nitrogens with two attached hydrogens (primary N) is 1. The van der Waals surface area contributed by atoms with Gasteiger partial charge in [0.15, 0.2) is 0 Å². The van der Waals surface area contributed by atoms with Gasteiger partial charge < -0.3 is 10.5 Å². The summed E-state index contributed by atoms with van der Waals surface area (Å²) < 4.78 is 5.23. The van der Waals surface area contributed by atoms with Crippen LogP contribution in [0.15, 0.2) is 29.4 Å². The van der Waals surface area contributed by atoms with Crippen LogP contribution in [0.1, 0.15) is 18.1 Å². The van der Waals surface area contributed by atoms with Crippen LogP contribution in [0.4, 0.5) is 4.79 Å². The first-order chi connectivity index (χ1) is 8.10. The Hall–Kier alpha value is -1.88. The fraction of sp³-hybridized carbons (Fsp3) is 0.333. The first-order valence-corrected chi connectivity index (χ1v) is 5.37. The molecule has 0 aromatic heterocycles. The van der Waals surface area contributed by atoms with Crippen LogP contribution in [0.5, 0.6) is 0 Å². The summed E-state index contributed by atoms with van der Waals surface area (Å²) >= 11 is 0. The van der Waals surface area contributed by atoms with Gasteiger partial charge in [-0.15, -0.1) is 0 Å². The maximum Gasteiger partial charge on any atom is 0.332 e. The van der Waals surface area contributed by atoms with Gasteiger partial charge in [-0.1, -0.05) is 31.2 Å². The van der Waals surface area contributed by atoms with Crippen molar-refractivity contribution in [2.75, 3.05) is 13.2 Å². The Morgan fingerprint density at radius 2 is 2.12 bits per heavy atom. The van der Waals surface area contributed by atoms with Crippen LogP contribution < -0.4 is 11.2 Å². The van der Waals surface area contributed by atoms with Crippen molar-refractivity contribution in [3.8, 4) is 0 Å². The lowest BCUT2D eigenvalue weighted by molar-refractivity contribution is -0.0500. The third kappa shape index (κ3) is 2.62. The molecule has 0 bridgehead atoms. The molecule has 1 saturated heterocycles. The molecule has 1 aliphatic rings. The number of hydrazone groups is 1. The van der Waals surface area contributed by atoms with Crippen molar-refractivity contribution in [1.82, 2.24) is 5.43 Å². The summed E-state index contributed by atoms with van der Waals surface area (Å²) in [6.45, 7) is 3.71. The zero-order valence-electron chi connectivity index (χ0n) is 9.64. The third-order valence-corrected chi connectivity index (χ3v) is 2.84. The first kappa shape index (κ1) is 11.6. The van der Waals surface area contributed by atoms with Crippen molar-refractivity contribution in [1.29, 1.82) is 0 Å². The zero-order valence-corrected chi connectivity index (χ0v) is 9.64. The van der Waals surface area contributed by atoms with Crippen molar-refractivity contribution in [3.05, 3.63) is 35.4 Å². The molecule has 1 fully saturated rings. The van der Waals surface area contributed by atoms with Crippen molar-refractivity contribution < 1.29 is 9.53 Å². The van der Waals surface area contributed by atoms with E-state index in [1.54, 1.807) is 6.21 Å². The van der Waals surface area contributed by atoms with Crippen molar-refractivity contribution in [3.63, 3.8) is 0 Å². The summed E-state index contributed by atoms with van der Waals surface area (Å²) in [5.74, 6) is 0. The summed E-state index contributed by atoms with van der Waals surface area (Å²) in [4.78, 5) is 10.4. The summed E-state index contributed by atoms with van der Waals surface area (Å²) in [5, 5.41) is 3.69. The molecule has 5 nitrogen and oxygen atoms in total. The molecule has 1 aromatic rings. The minimum absolute atomic E-state index is 0.140. The van der Waals surface area contributed by atoms with Gasteiger partial charge in [0.2, 0.25) is 0 Å². The number of amides is 2. The maximum absolute atomic E-state index is 10.4. The molecular weight excluding hydrogens is 218 g/mol. The second-order valence-corrected chi connectivity index (χ2v) is 4.41. The number of carbonyl (C=O) groups excluding carboxylic acids is 1. The van der Waals surface area contributed by atoms with Gasteiger partial charge in [0.25, 0.3) is 0 Å². The lowest BCUT2D eigenvalue weighted by Gasteiger charge is -2.38. The Labute approximate surface area is 99.6 Å². The average molecular weight is 233 g/mol. The van der Waals surface area contributed by atoms with Crippen molar-refractivity contribution >= 4 is 12.2 Å². The molecule has 5 heteroatoms. The Kier molecular flexibility index (Phi) is 3.10. The van der Waals surface area contributed by atoms with E-state index in [1.807, 2.05) is 24.3 Å². The molecule has 0 spiro atoms. The lowest BCUT2D eigenvalue weighted by Crippen LogP contribution is -2.43. The molecule has 1 heterocycles. The fourth-order valence-electron chi connectivity index (χ4n) is 1.72. The number of nitrogens with one attached hydrogen (secondary N) is 1. The van der Waals surface area contributed by atoms with Gasteiger partial charge in [-0.05, 0) is 11.1 Å². The highest BCUT2D eigenvalue weighted by atomic mass is 16.5. The van der Waals surface area contributed by atoms with Crippen LogP contribution in [0.25, 0.3) is 0 Å². The van der Waals surface area contributed by atoms with E-state index in [0.717, 1.165) is 18.8 Å². The standard InChI is InChI=1S/C12H15N3O2/c1-12(7-17-8-12)10-4-2-9(3-5-10)6-14-15-11(13)16/h2-6H,7-8H2,1H3,(H3,13,15,16). The maximum atomic E-state index is 10.4. The number of carbonyl (C=O) groups is 1. The molecule has 0 atom stereocenters. The molecule has 0 aliphatic carbocycles. The molecule has 2 rings (SSSR count). The number of nitrogens with zero attached hydrogens (tertiary/aromatic N) is 1. The predicted octanol–water partition coefficient (Wildman–Crippen LogP) is 0.977. The second kappa shape index (κ2) is 4.55. The zero-order chi connectivity index (χ0) is 12.3. The number of rotatable bonds is 3. The molecule has 0 radical (unpaired) electrons. The Morgan fingerprint density at radius 1 is 1.47 bits per heavy atom. The number of hydrogen-bond acceptors (Lipinski definition) is 3. The smallest absolute Gasteiger partial charge is 0.332 e. The SMILES string of the molecule is CC1(c2ccc(C=NNC(N)=O)cc2)COC1. The van der Waals surface area contributed by atoms with Crippen LogP contribution in [0.3, 0.4) is 0 Å². The molecule has 0 saturated carbocycles. The largest absolute Gasteiger partial charge is 0.379 e. The Balaban J connectivity index is 2.03. The number of primary amides is 1. The molecule has 2 amide bonds. The van der Waals surface area contributed by atoms with E-state index in [1.165, 1.54) is 5.56 Å². The minimum atomic E-state index is -0.669. The predicted molar refractivity (Wildman–Crippen MR) is 64.9 cm³/mol. The molecule has 17 heavy (non-hydrogen) atoms. The van der Waals surface area contributed by atoms with Gasteiger partial charge in [-0.2, -0.15) is 5.10 Å². The van der Waals surface area contributed by atoms with Gasteiger partial charge in [-0.3, -0.25) is 0 Å². The molecule has 1 aromatic carbocycles. The van der Waals surface area contributed by atoms with Gasteiger partial charge in [0.05, 0.1) is 19.4 Å².